The molecule has 1 fully saturated rings. The van der Waals surface area contributed by atoms with Crippen molar-refractivity contribution < 1.29 is 12.8 Å². The number of nitrogens with one attached hydrogen (secondary N) is 1. The van der Waals surface area contributed by atoms with Crippen molar-refractivity contribution in [3.05, 3.63) is 52.8 Å². The Kier molecular flexibility index (Phi) is 4.12. The fraction of sp³-hybridized carbons (Fsp3) is 0.286. The van der Waals surface area contributed by atoms with Gasteiger partial charge in [0.1, 0.15) is 12.1 Å². The van der Waals surface area contributed by atoms with Crippen LogP contribution in [-0.4, -0.2) is 18.4 Å². The summed E-state index contributed by atoms with van der Waals surface area (Å²) in [4.78, 5) is 8.14. The Labute approximate surface area is 132 Å². The van der Waals surface area contributed by atoms with Gasteiger partial charge in [0, 0.05) is 11.6 Å². The van der Waals surface area contributed by atoms with Crippen LogP contribution in [0, 0.1) is 5.82 Å². The Balaban J connectivity index is 1.74. The second-order valence-corrected chi connectivity index (χ2v) is 7.28. The lowest BCUT2D eigenvalue weighted by molar-refractivity contribution is 0.579. The lowest BCUT2D eigenvalue weighted by Gasteiger charge is -2.07. The topological polar surface area (TPSA) is 72.0 Å². The first-order valence-electron chi connectivity index (χ1n) is 6.71. The van der Waals surface area contributed by atoms with E-state index in [1.165, 1.54) is 12.4 Å². The Bertz CT molecular complexity index is 809. The third kappa shape index (κ3) is 3.43. The predicted molar refractivity (Wildman–Crippen MR) is 79.4 cm³/mol. The number of hydrogen-bond donors (Lipinski definition) is 1. The molecule has 1 saturated carbocycles. The summed E-state index contributed by atoms with van der Waals surface area (Å²) in [6, 6.07) is 5.07. The normalized spacial score (nSPS) is 15.0. The highest BCUT2D eigenvalue weighted by Gasteiger charge is 2.25. The predicted octanol–water partition coefficient (Wildman–Crippen LogP) is 2.63. The van der Waals surface area contributed by atoms with Gasteiger partial charge in [-0.15, -0.1) is 0 Å². The molecule has 0 spiro atoms. The monoisotopic (exact) mass is 341 g/mol. The second-order valence-electron chi connectivity index (χ2n) is 5.11. The molecule has 0 bridgehead atoms. The van der Waals surface area contributed by atoms with Gasteiger partial charge in [0.2, 0.25) is 10.0 Å². The summed E-state index contributed by atoms with van der Waals surface area (Å²) in [5.74, 6) is -0.195. The summed E-state index contributed by atoms with van der Waals surface area (Å²) in [5, 5.41) is -0.235. The summed E-state index contributed by atoms with van der Waals surface area (Å²) in [7, 11) is -3.78. The van der Waals surface area contributed by atoms with Crippen LogP contribution in [0.3, 0.4) is 0 Å². The molecule has 0 amide bonds. The molecule has 22 heavy (non-hydrogen) atoms. The zero-order chi connectivity index (χ0) is 15.7. The number of benzene rings is 1. The third-order valence-electron chi connectivity index (χ3n) is 3.39. The molecular formula is C14H13ClFN3O2S. The first kappa shape index (κ1) is 15.3. The van der Waals surface area contributed by atoms with E-state index in [1.54, 1.807) is 6.07 Å². The van der Waals surface area contributed by atoms with Gasteiger partial charge in [0.05, 0.1) is 22.2 Å². The zero-order valence-corrected chi connectivity index (χ0v) is 13.0. The number of aromatic nitrogens is 2. The van der Waals surface area contributed by atoms with Crippen molar-refractivity contribution in [1.82, 2.24) is 14.7 Å². The van der Waals surface area contributed by atoms with Gasteiger partial charge in [0.15, 0.2) is 0 Å². The molecule has 0 unspecified atom stereocenters. The van der Waals surface area contributed by atoms with E-state index >= 15 is 0 Å². The lowest BCUT2D eigenvalue weighted by Crippen LogP contribution is -2.24. The maximum absolute atomic E-state index is 13.1. The van der Waals surface area contributed by atoms with E-state index in [9.17, 15) is 12.8 Å². The van der Waals surface area contributed by atoms with E-state index in [-0.39, 0.29) is 16.5 Å². The number of hydrogen-bond acceptors (Lipinski definition) is 4. The van der Waals surface area contributed by atoms with Gasteiger partial charge in [-0.05, 0) is 37.1 Å². The second kappa shape index (κ2) is 5.91. The molecule has 0 atom stereocenters. The molecule has 1 aliphatic rings. The molecule has 1 aromatic carbocycles. The Hall–Kier alpha value is -1.57. The van der Waals surface area contributed by atoms with Crippen LogP contribution in [0.1, 0.15) is 30.1 Å². The van der Waals surface area contributed by atoms with E-state index in [1.807, 2.05) is 0 Å². The number of sulfonamides is 1. The van der Waals surface area contributed by atoms with Crippen LogP contribution >= 0.6 is 11.6 Å². The van der Waals surface area contributed by atoms with E-state index in [4.69, 9.17) is 11.6 Å². The summed E-state index contributed by atoms with van der Waals surface area (Å²) in [5.41, 5.74) is 1.53. The number of halogens is 2. The molecule has 0 aliphatic heterocycles. The van der Waals surface area contributed by atoms with Gasteiger partial charge < -0.3 is 0 Å². The molecule has 0 radical (unpaired) electrons. The van der Waals surface area contributed by atoms with E-state index in [0.717, 1.165) is 30.7 Å². The molecule has 1 heterocycles. The molecule has 5 nitrogen and oxygen atoms in total. The smallest absolute Gasteiger partial charge is 0.240 e. The fourth-order valence-electron chi connectivity index (χ4n) is 2.01. The third-order valence-corrected chi connectivity index (χ3v) is 5.07. The average molecular weight is 342 g/mol. The first-order chi connectivity index (χ1) is 10.5. The van der Waals surface area contributed by atoms with Crippen molar-refractivity contribution in [2.45, 2.75) is 30.2 Å². The van der Waals surface area contributed by atoms with Gasteiger partial charge in [-0.25, -0.2) is 27.5 Å². The SMILES string of the molecule is O=S(=O)(NCc1cc(C2CC2)ncn1)c1ccc(F)c(Cl)c1. The van der Waals surface area contributed by atoms with Gasteiger partial charge in [0.25, 0.3) is 0 Å². The first-order valence-corrected chi connectivity index (χ1v) is 8.57. The average Bonchev–Trinajstić information content (AvgIpc) is 3.33. The Morgan fingerprint density at radius 3 is 2.73 bits per heavy atom. The fourth-order valence-corrected chi connectivity index (χ4v) is 3.28. The van der Waals surface area contributed by atoms with Gasteiger partial charge in [-0.3, -0.25) is 0 Å². The quantitative estimate of drug-likeness (QED) is 0.907. The number of rotatable bonds is 5. The van der Waals surface area contributed by atoms with Crippen LogP contribution in [0.2, 0.25) is 5.02 Å². The van der Waals surface area contributed by atoms with Crippen molar-refractivity contribution in [2.24, 2.45) is 0 Å². The highest BCUT2D eigenvalue weighted by Crippen LogP contribution is 2.38. The summed E-state index contributed by atoms with van der Waals surface area (Å²) in [6.07, 6.45) is 3.65. The molecule has 1 aromatic heterocycles. The lowest BCUT2D eigenvalue weighted by atomic mass is 10.2. The minimum atomic E-state index is -3.78. The van der Waals surface area contributed by atoms with Crippen LogP contribution in [0.4, 0.5) is 4.39 Å². The maximum Gasteiger partial charge on any atom is 0.240 e. The van der Waals surface area contributed by atoms with Crippen molar-refractivity contribution in [3.63, 3.8) is 0 Å². The minimum absolute atomic E-state index is 0.0412. The highest BCUT2D eigenvalue weighted by molar-refractivity contribution is 7.89. The molecule has 3 rings (SSSR count). The largest absolute Gasteiger partial charge is 0.241 e. The number of nitrogens with zero attached hydrogens (tertiary/aromatic N) is 2. The van der Waals surface area contributed by atoms with E-state index in [0.29, 0.717) is 11.6 Å². The van der Waals surface area contributed by atoms with Crippen LogP contribution in [-0.2, 0) is 16.6 Å². The van der Waals surface area contributed by atoms with E-state index in [2.05, 4.69) is 14.7 Å². The maximum atomic E-state index is 13.1. The van der Waals surface area contributed by atoms with Crippen molar-refractivity contribution in [3.8, 4) is 0 Å². The van der Waals surface area contributed by atoms with Crippen molar-refractivity contribution in [2.75, 3.05) is 0 Å². The minimum Gasteiger partial charge on any atom is -0.241 e. The van der Waals surface area contributed by atoms with Crippen LogP contribution in [0.25, 0.3) is 0 Å². The van der Waals surface area contributed by atoms with E-state index < -0.39 is 15.8 Å². The molecular weight excluding hydrogens is 329 g/mol. The Morgan fingerprint density at radius 1 is 1.27 bits per heavy atom. The van der Waals surface area contributed by atoms with Crippen LogP contribution in [0.15, 0.2) is 35.5 Å². The molecule has 8 heteroatoms. The summed E-state index contributed by atoms with van der Waals surface area (Å²) in [6.45, 7) is 0.0412. The standard InChI is InChI=1S/C14H13ClFN3O2S/c15-12-6-11(3-4-13(12)16)22(20,21)19-7-10-5-14(9-1-2-9)18-8-17-10/h3-6,8-9,19H,1-2,7H2. The van der Waals surface area contributed by atoms with Gasteiger partial charge >= 0.3 is 0 Å². The summed E-state index contributed by atoms with van der Waals surface area (Å²) >= 11 is 5.61. The van der Waals surface area contributed by atoms with Crippen LogP contribution in [0.5, 0.6) is 0 Å². The summed E-state index contributed by atoms with van der Waals surface area (Å²) < 4.78 is 39.9. The molecule has 0 saturated heterocycles. The van der Waals surface area contributed by atoms with Crippen LogP contribution < -0.4 is 4.72 Å². The van der Waals surface area contributed by atoms with Crippen molar-refractivity contribution in [1.29, 1.82) is 0 Å². The van der Waals surface area contributed by atoms with Gasteiger partial charge in [-0.1, -0.05) is 11.6 Å². The molecule has 116 valence electrons. The molecule has 1 N–H and O–H groups in total. The Morgan fingerprint density at radius 2 is 2.05 bits per heavy atom. The molecule has 1 aliphatic carbocycles. The molecule has 2 aromatic rings. The zero-order valence-electron chi connectivity index (χ0n) is 11.5. The van der Waals surface area contributed by atoms with Gasteiger partial charge in [-0.2, -0.15) is 0 Å². The van der Waals surface area contributed by atoms with Crippen molar-refractivity contribution >= 4 is 21.6 Å². The highest BCUT2D eigenvalue weighted by atomic mass is 35.5.